The van der Waals surface area contributed by atoms with Crippen molar-refractivity contribution in [2.45, 2.75) is 0 Å². The van der Waals surface area contributed by atoms with Gasteiger partial charge in [-0.1, -0.05) is 0 Å². The molecule has 0 amide bonds. The molecule has 0 N–H and O–H groups in total. The summed E-state index contributed by atoms with van der Waals surface area (Å²) in [5, 5.41) is 2.52. The maximum atomic E-state index is 3.75. The van der Waals surface area contributed by atoms with E-state index < -0.39 is 0 Å². The molecule has 0 heterocycles. The molecule has 0 bridgehead atoms. The molecule has 0 radical (unpaired) electrons. The van der Waals surface area contributed by atoms with Gasteiger partial charge in [0.05, 0.1) is 11.4 Å². The number of hydrogen-bond donors (Lipinski definition) is 0. The summed E-state index contributed by atoms with van der Waals surface area (Å²) in [5.41, 5.74) is 4.80. The molecule has 1 aliphatic carbocycles. The Morgan fingerprint density at radius 2 is 1.00 bits per heavy atom. The second-order valence-corrected chi connectivity index (χ2v) is 8.97. The number of halogens is 4. The van der Waals surface area contributed by atoms with E-state index in [1.165, 1.54) is 33.3 Å². The Morgan fingerprint density at radius 1 is 0.636 bits per heavy atom. The molecular weight excluding hydrogens is 540 g/mol. The minimum Gasteiger partial charge on any atom is -0.376 e. The minimum absolute atomic E-state index is 1.09. The van der Waals surface area contributed by atoms with Gasteiger partial charge in [0.15, 0.2) is 0 Å². The van der Waals surface area contributed by atoms with E-state index in [1.807, 2.05) is 0 Å². The maximum Gasteiger partial charge on any atom is 0.0607 e. The van der Waals surface area contributed by atoms with Crippen LogP contribution in [0.1, 0.15) is 11.1 Å². The highest BCUT2D eigenvalue weighted by atomic mass is 79.9. The molecule has 0 fully saturated rings. The van der Waals surface area contributed by atoms with Crippen LogP contribution in [0.2, 0.25) is 0 Å². The van der Waals surface area contributed by atoms with Crippen LogP contribution in [-0.2, 0) is 0 Å². The lowest BCUT2D eigenvalue weighted by Gasteiger charge is -2.25. The van der Waals surface area contributed by atoms with Crippen LogP contribution in [-0.4, -0.2) is 28.2 Å². The van der Waals surface area contributed by atoms with Crippen molar-refractivity contribution in [3.8, 4) is 0 Å². The molecule has 0 aromatic heterocycles. The second-order valence-electron chi connectivity index (χ2n) is 5.68. The Hall–Kier alpha value is -0.0400. The van der Waals surface area contributed by atoms with Gasteiger partial charge in [-0.2, -0.15) is 0 Å². The van der Waals surface area contributed by atoms with Crippen LogP contribution in [0, 0.1) is 0 Å². The number of rotatable bonds is 2. The van der Waals surface area contributed by atoms with Crippen molar-refractivity contribution in [3.05, 3.63) is 32.2 Å². The Labute approximate surface area is 164 Å². The van der Waals surface area contributed by atoms with E-state index in [9.17, 15) is 0 Å². The van der Waals surface area contributed by atoms with Crippen molar-refractivity contribution < 1.29 is 0 Å². The fraction of sp³-hybridized carbons (Fsp3) is 0.250. The summed E-state index contributed by atoms with van der Waals surface area (Å²) in [6.45, 7) is 0. The minimum atomic E-state index is 1.09. The summed E-state index contributed by atoms with van der Waals surface area (Å²) < 4.78 is 4.38. The average Bonchev–Trinajstić information content (AvgIpc) is 2.63. The van der Waals surface area contributed by atoms with Gasteiger partial charge in [0, 0.05) is 56.9 Å². The van der Waals surface area contributed by atoms with E-state index in [1.54, 1.807) is 0 Å². The molecule has 0 saturated carbocycles. The van der Waals surface area contributed by atoms with Crippen molar-refractivity contribution >= 4 is 94.8 Å². The third-order valence-corrected chi connectivity index (χ3v) is 7.21. The molecule has 6 heteroatoms. The van der Waals surface area contributed by atoms with E-state index in [4.69, 9.17) is 0 Å². The van der Waals surface area contributed by atoms with E-state index in [0.717, 1.165) is 17.9 Å². The first kappa shape index (κ1) is 16.8. The molecule has 2 aromatic carbocycles. The van der Waals surface area contributed by atoms with Gasteiger partial charge < -0.3 is 9.80 Å². The number of anilines is 2. The molecule has 0 aliphatic heterocycles. The summed E-state index contributed by atoms with van der Waals surface area (Å²) in [6.07, 6.45) is 0. The first-order valence-corrected chi connectivity index (χ1v) is 9.82. The van der Waals surface area contributed by atoms with Crippen LogP contribution in [0.4, 0.5) is 11.4 Å². The first-order chi connectivity index (χ1) is 10.3. The normalized spacial score (nSPS) is 13.3. The monoisotopic (exact) mass is 550 g/mol. The van der Waals surface area contributed by atoms with E-state index in [0.29, 0.717) is 0 Å². The van der Waals surface area contributed by atoms with E-state index in [-0.39, 0.29) is 0 Å². The summed E-state index contributed by atoms with van der Waals surface area (Å²) in [4.78, 5) is 4.32. The van der Waals surface area contributed by atoms with Crippen LogP contribution in [0.25, 0.3) is 19.7 Å². The standard InChI is InChI=1S/C16H14Br4N2/c1-21(2)15-9(17)5-7-11-8(14(20)13(7)19)6-10(18)16(12(11)15)22(3)4/h5-6H,1-4H3. The highest BCUT2D eigenvalue weighted by molar-refractivity contribution is 9.18. The van der Waals surface area contributed by atoms with Crippen molar-refractivity contribution in [3.63, 3.8) is 0 Å². The molecule has 3 rings (SSSR count). The summed E-state index contributed by atoms with van der Waals surface area (Å²) in [5.74, 6) is 0. The Morgan fingerprint density at radius 3 is 1.32 bits per heavy atom. The number of benzene rings is 2. The van der Waals surface area contributed by atoms with Gasteiger partial charge in [0.25, 0.3) is 0 Å². The topological polar surface area (TPSA) is 6.48 Å². The van der Waals surface area contributed by atoms with Gasteiger partial charge in [-0.05, 0) is 87.0 Å². The molecule has 0 atom stereocenters. The first-order valence-electron chi connectivity index (χ1n) is 6.65. The Bertz CT molecular complexity index is 773. The quantitative estimate of drug-likeness (QED) is 0.423. The Balaban J connectivity index is 2.62. The summed E-state index contributed by atoms with van der Waals surface area (Å²) in [7, 11) is 8.31. The van der Waals surface area contributed by atoms with Gasteiger partial charge in [0.1, 0.15) is 0 Å². The van der Waals surface area contributed by atoms with Gasteiger partial charge >= 0.3 is 0 Å². The molecule has 0 spiro atoms. The fourth-order valence-electron chi connectivity index (χ4n) is 2.99. The zero-order chi connectivity index (χ0) is 16.3. The third kappa shape index (κ3) is 2.29. The predicted octanol–water partition coefficient (Wildman–Crippen LogP) is 6.43. The van der Waals surface area contributed by atoms with Crippen molar-refractivity contribution in [2.75, 3.05) is 38.0 Å². The summed E-state index contributed by atoms with van der Waals surface area (Å²) in [6, 6.07) is 4.37. The molecule has 0 unspecified atom stereocenters. The third-order valence-electron chi connectivity index (χ3n) is 3.82. The lowest BCUT2D eigenvalue weighted by Crippen LogP contribution is -2.15. The number of nitrogens with zero attached hydrogens (tertiary/aromatic N) is 2. The predicted molar refractivity (Wildman–Crippen MR) is 113 cm³/mol. The number of hydrogen-bond acceptors (Lipinski definition) is 2. The maximum absolute atomic E-state index is 3.75. The van der Waals surface area contributed by atoms with Crippen LogP contribution >= 0.6 is 63.7 Å². The van der Waals surface area contributed by atoms with Gasteiger partial charge in [-0.3, -0.25) is 0 Å². The molecule has 22 heavy (non-hydrogen) atoms. The van der Waals surface area contributed by atoms with Crippen molar-refractivity contribution in [2.24, 2.45) is 0 Å². The van der Waals surface area contributed by atoms with Gasteiger partial charge in [-0.15, -0.1) is 0 Å². The second kappa shape index (κ2) is 5.80. The van der Waals surface area contributed by atoms with E-state index in [2.05, 4.69) is 114 Å². The molecule has 1 aliphatic rings. The molecule has 2 aromatic rings. The molecule has 116 valence electrons. The SMILES string of the molecule is CN(C)c1c(Br)cc2c3c(cc(Br)c(N(C)C)c13)C(Br)=C2Br. The lowest BCUT2D eigenvalue weighted by molar-refractivity contribution is 1.11. The highest BCUT2D eigenvalue weighted by Gasteiger charge is 2.28. The van der Waals surface area contributed by atoms with Crippen LogP contribution in [0.3, 0.4) is 0 Å². The fourth-order valence-corrected chi connectivity index (χ4v) is 5.61. The van der Waals surface area contributed by atoms with E-state index >= 15 is 0 Å². The zero-order valence-electron chi connectivity index (χ0n) is 12.6. The van der Waals surface area contributed by atoms with Crippen LogP contribution < -0.4 is 9.80 Å². The molecule has 2 nitrogen and oxygen atoms in total. The van der Waals surface area contributed by atoms with Crippen molar-refractivity contribution in [1.29, 1.82) is 0 Å². The van der Waals surface area contributed by atoms with Crippen LogP contribution in [0.5, 0.6) is 0 Å². The van der Waals surface area contributed by atoms with Crippen LogP contribution in [0.15, 0.2) is 21.1 Å². The van der Waals surface area contributed by atoms with Gasteiger partial charge in [-0.25, -0.2) is 0 Å². The smallest absolute Gasteiger partial charge is 0.0607 e. The zero-order valence-corrected chi connectivity index (χ0v) is 18.9. The molecule has 0 saturated heterocycles. The lowest BCUT2D eigenvalue weighted by atomic mass is 9.99. The average molecular weight is 554 g/mol. The van der Waals surface area contributed by atoms with Crippen molar-refractivity contribution in [1.82, 2.24) is 0 Å². The molecular formula is C16H14Br4N2. The largest absolute Gasteiger partial charge is 0.376 e. The summed E-state index contributed by atoms with van der Waals surface area (Å²) >= 11 is 15.0. The Kier molecular flexibility index (Phi) is 4.43. The van der Waals surface area contributed by atoms with Gasteiger partial charge in [0.2, 0.25) is 0 Å². The highest BCUT2D eigenvalue weighted by Crippen LogP contribution is 2.55.